The lowest BCUT2D eigenvalue weighted by Gasteiger charge is -2.04. The molecule has 0 aliphatic heterocycles. The normalized spacial score (nSPS) is 10.2. The van der Waals surface area contributed by atoms with Crippen molar-refractivity contribution in [2.24, 2.45) is 12.8 Å². The van der Waals surface area contributed by atoms with Crippen LogP contribution in [0.3, 0.4) is 0 Å². The van der Waals surface area contributed by atoms with E-state index in [0.29, 0.717) is 30.0 Å². The van der Waals surface area contributed by atoms with Crippen LogP contribution < -0.4 is 11.1 Å². The number of nitrogens with one attached hydrogen (secondary N) is 1. The fraction of sp³-hybridized carbons (Fsp3) is 0.250. The van der Waals surface area contributed by atoms with E-state index in [1.165, 1.54) is 6.20 Å². The zero-order valence-electron chi connectivity index (χ0n) is 10.9. The molecule has 0 radical (unpaired) electrons. The first-order valence-electron chi connectivity index (χ1n) is 5.95. The van der Waals surface area contributed by atoms with Crippen LogP contribution in [-0.2, 0) is 13.5 Å². The molecule has 0 fully saturated rings. The summed E-state index contributed by atoms with van der Waals surface area (Å²) in [5.74, 6) is 0.431. The molecule has 7 nitrogen and oxygen atoms in total. The molecule has 1 amide bonds. The van der Waals surface area contributed by atoms with Gasteiger partial charge in [-0.25, -0.2) is 4.98 Å². The Bertz CT molecular complexity index is 621. The number of nitrogens with two attached hydrogens (primary N) is 1. The SMILES string of the molecule is Cn1cnc(CCNC(=O)c2ccc(C(N)=S)cn2)n1. The molecule has 0 unspecified atom stereocenters. The van der Waals surface area contributed by atoms with E-state index in [2.05, 4.69) is 20.4 Å². The largest absolute Gasteiger partial charge is 0.389 e. The van der Waals surface area contributed by atoms with Gasteiger partial charge in [0.1, 0.15) is 17.0 Å². The van der Waals surface area contributed by atoms with Crippen molar-refractivity contribution < 1.29 is 4.79 Å². The summed E-state index contributed by atoms with van der Waals surface area (Å²) in [6.45, 7) is 0.446. The highest BCUT2D eigenvalue weighted by Crippen LogP contribution is 2.00. The molecule has 0 bridgehead atoms. The molecular weight excluding hydrogens is 276 g/mol. The number of nitrogens with zero attached hydrogens (tertiary/aromatic N) is 4. The van der Waals surface area contributed by atoms with Gasteiger partial charge in [0.25, 0.3) is 5.91 Å². The van der Waals surface area contributed by atoms with Crippen LogP contribution in [0.5, 0.6) is 0 Å². The smallest absolute Gasteiger partial charge is 0.269 e. The number of thiocarbonyl (C=S) groups is 1. The Balaban J connectivity index is 1.86. The van der Waals surface area contributed by atoms with Crippen molar-refractivity contribution in [2.75, 3.05) is 6.54 Å². The van der Waals surface area contributed by atoms with Gasteiger partial charge in [0.05, 0.1) is 0 Å². The summed E-state index contributed by atoms with van der Waals surface area (Å²) in [7, 11) is 1.79. The Morgan fingerprint density at radius 3 is 2.80 bits per heavy atom. The van der Waals surface area contributed by atoms with E-state index in [9.17, 15) is 4.79 Å². The van der Waals surface area contributed by atoms with E-state index in [4.69, 9.17) is 18.0 Å². The second-order valence-electron chi connectivity index (χ2n) is 4.14. The predicted molar refractivity (Wildman–Crippen MR) is 77.2 cm³/mol. The number of hydrogen-bond acceptors (Lipinski definition) is 5. The van der Waals surface area contributed by atoms with Gasteiger partial charge in [-0.2, -0.15) is 5.10 Å². The van der Waals surface area contributed by atoms with Crippen LogP contribution in [0.4, 0.5) is 0 Å². The first-order chi connectivity index (χ1) is 9.56. The van der Waals surface area contributed by atoms with Gasteiger partial charge in [-0.15, -0.1) is 0 Å². The molecule has 3 N–H and O–H groups in total. The van der Waals surface area contributed by atoms with Crippen molar-refractivity contribution in [1.82, 2.24) is 25.1 Å². The summed E-state index contributed by atoms with van der Waals surface area (Å²) in [6, 6.07) is 3.26. The number of amides is 1. The molecule has 0 saturated carbocycles. The lowest BCUT2D eigenvalue weighted by Crippen LogP contribution is -2.27. The van der Waals surface area contributed by atoms with Gasteiger partial charge in [0, 0.05) is 31.8 Å². The van der Waals surface area contributed by atoms with Crippen molar-refractivity contribution in [1.29, 1.82) is 0 Å². The van der Waals surface area contributed by atoms with Crippen molar-refractivity contribution in [3.8, 4) is 0 Å². The van der Waals surface area contributed by atoms with E-state index >= 15 is 0 Å². The number of rotatable bonds is 5. The highest BCUT2D eigenvalue weighted by atomic mass is 32.1. The average molecular weight is 290 g/mol. The van der Waals surface area contributed by atoms with Crippen molar-refractivity contribution in [2.45, 2.75) is 6.42 Å². The number of aryl methyl sites for hydroxylation is 1. The van der Waals surface area contributed by atoms with Gasteiger partial charge >= 0.3 is 0 Å². The molecule has 2 rings (SSSR count). The Morgan fingerprint density at radius 1 is 1.45 bits per heavy atom. The minimum Gasteiger partial charge on any atom is -0.389 e. The summed E-state index contributed by atoms with van der Waals surface area (Å²) in [6.07, 6.45) is 3.67. The molecule has 2 aromatic rings. The third-order valence-corrected chi connectivity index (χ3v) is 2.80. The van der Waals surface area contributed by atoms with Gasteiger partial charge in [-0.05, 0) is 12.1 Å². The van der Waals surface area contributed by atoms with Gasteiger partial charge in [0.15, 0.2) is 5.82 Å². The number of carbonyl (C=O) groups excluding carboxylic acids is 1. The number of carbonyl (C=O) groups is 1. The predicted octanol–water partition coefficient (Wildman–Crippen LogP) is -0.183. The van der Waals surface area contributed by atoms with Crippen LogP contribution in [0.1, 0.15) is 21.9 Å². The fourth-order valence-corrected chi connectivity index (χ4v) is 1.67. The second-order valence-corrected chi connectivity index (χ2v) is 4.58. The lowest BCUT2D eigenvalue weighted by molar-refractivity contribution is 0.0949. The van der Waals surface area contributed by atoms with E-state index in [1.54, 1.807) is 30.2 Å². The highest BCUT2D eigenvalue weighted by molar-refractivity contribution is 7.80. The Morgan fingerprint density at radius 2 is 2.25 bits per heavy atom. The van der Waals surface area contributed by atoms with Gasteiger partial charge < -0.3 is 11.1 Å². The van der Waals surface area contributed by atoms with Gasteiger partial charge in [0.2, 0.25) is 0 Å². The summed E-state index contributed by atoms with van der Waals surface area (Å²) >= 11 is 4.82. The summed E-state index contributed by atoms with van der Waals surface area (Å²) in [5, 5.41) is 6.87. The molecule has 2 heterocycles. The third-order valence-electron chi connectivity index (χ3n) is 2.56. The summed E-state index contributed by atoms with van der Waals surface area (Å²) < 4.78 is 1.62. The molecule has 0 atom stereocenters. The molecule has 0 aliphatic carbocycles. The van der Waals surface area contributed by atoms with E-state index in [0.717, 1.165) is 0 Å². The van der Waals surface area contributed by atoms with Crippen molar-refractivity contribution in [3.05, 3.63) is 41.7 Å². The van der Waals surface area contributed by atoms with Crippen LogP contribution >= 0.6 is 12.2 Å². The Kier molecular flexibility index (Phi) is 4.36. The molecule has 0 aromatic carbocycles. The van der Waals surface area contributed by atoms with Crippen LogP contribution in [0, 0.1) is 0 Å². The number of pyridine rings is 1. The molecule has 0 aliphatic rings. The number of aromatic nitrogens is 4. The van der Waals surface area contributed by atoms with Gasteiger partial charge in [-0.3, -0.25) is 14.5 Å². The van der Waals surface area contributed by atoms with E-state index in [-0.39, 0.29) is 10.9 Å². The van der Waals surface area contributed by atoms with Crippen LogP contribution in [0.2, 0.25) is 0 Å². The maximum atomic E-state index is 11.8. The second kappa shape index (κ2) is 6.20. The third kappa shape index (κ3) is 3.58. The van der Waals surface area contributed by atoms with E-state index in [1.807, 2.05) is 0 Å². The first kappa shape index (κ1) is 14.1. The summed E-state index contributed by atoms with van der Waals surface area (Å²) in [4.78, 5) is 20.2. The Labute approximate surface area is 121 Å². The quantitative estimate of drug-likeness (QED) is 0.741. The summed E-state index contributed by atoms with van der Waals surface area (Å²) in [5.41, 5.74) is 6.41. The molecule has 104 valence electrons. The molecule has 8 heteroatoms. The van der Waals surface area contributed by atoms with Crippen LogP contribution in [-0.4, -0.2) is 37.2 Å². The topological polar surface area (TPSA) is 98.7 Å². The zero-order chi connectivity index (χ0) is 14.5. The highest BCUT2D eigenvalue weighted by Gasteiger charge is 2.08. The minimum absolute atomic E-state index is 0.254. The molecular formula is C12H14N6OS. The standard InChI is InChI=1S/C12H14N6OS/c1-18-7-16-10(17-18)4-5-14-12(19)9-3-2-8(6-15-9)11(13)20/h2-3,6-7H,4-5H2,1H3,(H2,13,20)(H,14,19). The Hall–Kier alpha value is -2.35. The minimum atomic E-state index is -0.254. The van der Waals surface area contributed by atoms with Gasteiger partial charge in [-0.1, -0.05) is 12.2 Å². The average Bonchev–Trinajstić information content (AvgIpc) is 2.84. The first-order valence-corrected chi connectivity index (χ1v) is 6.35. The number of hydrogen-bond donors (Lipinski definition) is 2. The van der Waals surface area contributed by atoms with Crippen molar-refractivity contribution >= 4 is 23.1 Å². The monoisotopic (exact) mass is 290 g/mol. The fourth-order valence-electron chi connectivity index (χ4n) is 1.55. The van der Waals surface area contributed by atoms with Crippen LogP contribution in [0.25, 0.3) is 0 Å². The van der Waals surface area contributed by atoms with Crippen molar-refractivity contribution in [3.63, 3.8) is 0 Å². The van der Waals surface area contributed by atoms with Crippen LogP contribution in [0.15, 0.2) is 24.7 Å². The van der Waals surface area contributed by atoms with E-state index < -0.39 is 0 Å². The molecule has 0 saturated heterocycles. The molecule has 0 spiro atoms. The maximum absolute atomic E-state index is 11.8. The lowest BCUT2D eigenvalue weighted by atomic mass is 10.2. The molecule has 2 aromatic heterocycles. The molecule has 20 heavy (non-hydrogen) atoms. The maximum Gasteiger partial charge on any atom is 0.269 e. The zero-order valence-corrected chi connectivity index (χ0v) is 11.7.